The van der Waals surface area contributed by atoms with Crippen LogP contribution in [-0.4, -0.2) is 24.1 Å². The van der Waals surface area contributed by atoms with E-state index in [1.54, 1.807) is 0 Å². The Morgan fingerprint density at radius 2 is 0.967 bits per heavy atom. The Balaban J connectivity index is 1.06. The number of aromatic nitrogens is 5. The van der Waals surface area contributed by atoms with Crippen molar-refractivity contribution < 1.29 is 4.42 Å². The minimum atomic E-state index is 0.561. The molecule has 9 aromatic carbocycles. The SMILES string of the molecule is c1ccc(-c2ccc(-c3nc(-c4ccc5c6ccccc6n(-c6ccccc6)c5c4)nc(-n4c5cccc6c5c5c7c(ccc8oc9cccc-6c9c87)ccc54)n3)cc2)cc1. The van der Waals surface area contributed by atoms with E-state index >= 15 is 0 Å². The third-order valence-electron chi connectivity index (χ3n) is 12.7. The average Bonchev–Trinajstić information content (AvgIpc) is 3.96. The minimum absolute atomic E-state index is 0.561. The maximum Gasteiger partial charge on any atom is 0.238 e. The second-order valence-corrected chi connectivity index (χ2v) is 16.0. The molecule has 0 spiro atoms. The third kappa shape index (κ3) is 4.53. The van der Waals surface area contributed by atoms with Crippen LogP contribution >= 0.6 is 0 Å². The zero-order valence-corrected chi connectivity index (χ0v) is 32.5. The molecule has 14 rings (SSSR count). The molecule has 0 amide bonds. The first-order valence-electron chi connectivity index (χ1n) is 20.6. The van der Waals surface area contributed by atoms with Crippen molar-refractivity contribution in [2.24, 2.45) is 0 Å². The molecule has 1 aliphatic rings. The highest BCUT2D eigenvalue weighted by Crippen LogP contribution is 2.50. The number of rotatable bonds is 5. The van der Waals surface area contributed by atoms with Gasteiger partial charge in [0.2, 0.25) is 5.95 Å². The number of nitrogens with zero attached hydrogens (tertiary/aromatic N) is 5. The molecule has 0 radical (unpaired) electrons. The van der Waals surface area contributed by atoms with Crippen LogP contribution in [0.15, 0.2) is 192 Å². The Hall–Kier alpha value is -8.35. The van der Waals surface area contributed by atoms with E-state index in [9.17, 15) is 0 Å². The standard InChI is InChI=1S/C55H31N5O/c1-3-11-32(12-4-1)33-21-23-35(24-22-33)53-56-54(36-25-28-39-38-15-7-8-18-42(38)59(45(39)31-36)37-13-5-2-6-14-37)58-55(57-53)60-43-19-9-16-40-41-17-10-20-46-50(41)52-47(61-46)30-27-34-26-29-44(60)51(48(34)52)49(40)43/h1-31H. The molecule has 13 aromatic rings. The lowest BCUT2D eigenvalue weighted by molar-refractivity contribution is 0.669. The second-order valence-electron chi connectivity index (χ2n) is 16.0. The second kappa shape index (κ2) is 12.1. The van der Waals surface area contributed by atoms with E-state index in [4.69, 9.17) is 19.4 Å². The summed E-state index contributed by atoms with van der Waals surface area (Å²) in [6, 6.07) is 66.5. The molecule has 0 aliphatic heterocycles. The van der Waals surface area contributed by atoms with E-state index < -0.39 is 0 Å². The van der Waals surface area contributed by atoms with Crippen molar-refractivity contribution in [1.29, 1.82) is 0 Å². The molecule has 0 unspecified atom stereocenters. The summed E-state index contributed by atoms with van der Waals surface area (Å²) in [4.78, 5) is 16.1. The molecule has 0 N–H and O–H groups in total. The lowest BCUT2D eigenvalue weighted by Gasteiger charge is -2.13. The van der Waals surface area contributed by atoms with Gasteiger partial charge in [0.25, 0.3) is 0 Å². The maximum atomic E-state index is 6.52. The lowest BCUT2D eigenvalue weighted by atomic mass is 9.98. The van der Waals surface area contributed by atoms with Gasteiger partial charge in [0.05, 0.1) is 22.1 Å². The molecular formula is C55H31N5O. The van der Waals surface area contributed by atoms with Crippen molar-refractivity contribution in [3.63, 3.8) is 0 Å². The molecule has 4 aromatic heterocycles. The summed E-state index contributed by atoms with van der Waals surface area (Å²) < 4.78 is 11.1. The van der Waals surface area contributed by atoms with Gasteiger partial charge in [0.1, 0.15) is 11.2 Å². The highest BCUT2D eigenvalue weighted by atomic mass is 16.3. The van der Waals surface area contributed by atoms with Crippen LogP contribution in [0.3, 0.4) is 0 Å². The number of hydrogen-bond donors (Lipinski definition) is 0. The van der Waals surface area contributed by atoms with Crippen LogP contribution in [0, 0.1) is 0 Å². The molecule has 6 nitrogen and oxygen atoms in total. The van der Waals surface area contributed by atoms with E-state index in [2.05, 4.69) is 191 Å². The van der Waals surface area contributed by atoms with E-state index in [1.165, 1.54) is 43.4 Å². The van der Waals surface area contributed by atoms with Crippen molar-refractivity contribution in [2.75, 3.05) is 0 Å². The average molecular weight is 778 g/mol. The summed E-state index contributed by atoms with van der Waals surface area (Å²) in [5, 5.41) is 9.42. The first kappa shape index (κ1) is 32.6. The molecule has 0 atom stereocenters. The predicted molar refractivity (Wildman–Crippen MR) is 249 cm³/mol. The summed E-state index contributed by atoms with van der Waals surface area (Å²) in [7, 11) is 0. The summed E-state index contributed by atoms with van der Waals surface area (Å²) in [6.07, 6.45) is 0. The van der Waals surface area contributed by atoms with Crippen molar-refractivity contribution in [3.8, 4) is 56.7 Å². The third-order valence-corrected chi connectivity index (χ3v) is 12.7. The van der Waals surface area contributed by atoms with Gasteiger partial charge in [-0.3, -0.25) is 4.57 Å². The summed E-state index contributed by atoms with van der Waals surface area (Å²) in [5.41, 5.74) is 13.7. The first-order chi connectivity index (χ1) is 30.2. The monoisotopic (exact) mass is 777 g/mol. The van der Waals surface area contributed by atoms with Gasteiger partial charge in [0, 0.05) is 54.5 Å². The number of para-hydroxylation sites is 2. The maximum absolute atomic E-state index is 6.52. The molecule has 1 aliphatic carbocycles. The smallest absolute Gasteiger partial charge is 0.238 e. The summed E-state index contributed by atoms with van der Waals surface area (Å²) in [6.45, 7) is 0. The van der Waals surface area contributed by atoms with Gasteiger partial charge in [-0.05, 0) is 76.2 Å². The zero-order valence-electron chi connectivity index (χ0n) is 32.5. The zero-order chi connectivity index (χ0) is 39.8. The minimum Gasteiger partial charge on any atom is -0.456 e. The van der Waals surface area contributed by atoms with Crippen molar-refractivity contribution in [2.45, 2.75) is 0 Å². The van der Waals surface area contributed by atoms with Gasteiger partial charge in [0.15, 0.2) is 11.6 Å². The normalized spacial score (nSPS) is 12.3. The largest absolute Gasteiger partial charge is 0.456 e. The number of benzene rings is 9. The van der Waals surface area contributed by atoms with E-state index in [-0.39, 0.29) is 0 Å². The van der Waals surface area contributed by atoms with Gasteiger partial charge in [-0.2, -0.15) is 9.97 Å². The van der Waals surface area contributed by atoms with Crippen molar-refractivity contribution in [1.82, 2.24) is 24.1 Å². The van der Waals surface area contributed by atoms with E-state index in [1.807, 2.05) is 6.07 Å². The molecule has 0 bridgehead atoms. The molecule has 0 fully saturated rings. The van der Waals surface area contributed by atoms with Crippen LogP contribution in [0.4, 0.5) is 0 Å². The van der Waals surface area contributed by atoms with Crippen LogP contribution < -0.4 is 0 Å². The van der Waals surface area contributed by atoms with Gasteiger partial charge >= 0.3 is 0 Å². The Labute approximate surface area is 348 Å². The van der Waals surface area contributed by atoms with Crippen molar-refractivity contribution >= 4 is 76.3 Å². The Morgan fingerprint density at radius 3 is 1.82 bits per heavy atom. The Kier molecular flexibility index (Phi) is 6.46. The number of hydrogen-bond acceptors (Lipinski definition) is 4. The van der Waals surface area contributed by atoms with Crippen LogP contribution in [0.25, 0.3) is 133 Å². The Bertz CT molecular complexity index is 3970. The van der Waals surface area contributed by atoms with Gasteiger partial charge < -0.3 is 8.98 Å². The number of furan rings is 1. The summed E-state index contributed by atoms with van der Waals surface area (Å²) in [5.74, 6) is 1.76. The fourth-order valence-electron chi connectivity index (χ4n) is 10.1. The molecule has 282 valence electrons. The fourth-order valence-corrected chi connectivity index (χ4v) is 10.1. The van der Waals surface area contributed by atoms with Crippen molar-refractivity contribution in [3.05, 3.63) is 188 Å². The van der Waals surface area contributed by atoms with E-state index in [0.29, 0.717) is 17.6 Å². The molecule has 61 heavy (non-hydrogen) atoms. The van der Waals surface area contributed by atoms with Crippen LogP contribution in [0.5, 0.6) is 0 Å². The van der Waals surface area contributed by atoms with Gasteiger partial charge in [-0.1, -0.05) is 140 Å². The van der Waals surface area contributed by atoms with Crippen LogP contribution in [-0.2, 0) is 0 Å². The molecule has 6 heteroatoms. The van der Waals surface area contributed by atoms with Gasteiger partial charge in [-0.25, -0.2) is 4.98 Å². The molecule has 4 heterocycles. The quantitative estimate of drug-likeness (QED) is 0.175. The first-order valence-corrected chi connectivity index (χ1v) is 20.6. The van der Waals surface area contributed by atoms with Crippen LogP contribution in [0.2, 0.25) is 0 Å². The van der Waals surface area contributed by atoms with Crippen LogP contribution in [0.1, 0.15) is 0 Å². The Morgan fingerprint density at radius 1 is 0.344 bits per heavy atom. The van der Waals surface area contributed by atoms with Gasteiger partial charge in [-0.15, -0.1) is 0 Å². The fraction of sp³-hybridized carbons (Fsp3) is 0. The number of fused-ring (bicyclic) bond motifs is 4. The molecule has 0 saturated carbocycles. The predicted octanol–water partition coefficient (Wildman–Crippen LogP) is 14.1. The lowest BCUT2D eigenvalue weighted by Crippen LogP contribution is -2.06. The molecule has 0 saturated heterocycles. The summed E-state index contributed by atoms with van der Waals surface area (Å²) >= 11 is 0. The highest BCUT2D eigenvalue weighted by molar-refractivity contribution is 6.37. The highest BCUT2D eigenvalue weighted by Gasteiger charge is 2.27. The topological polar surface area (TPSA) is 61.7 Å². The van der Waals surface area contributed by atoms with E-state index in [0.717, 1.165) is 71.9 Å². The molecular weight excluding hydrogens is 747 g/mol.